The Hall–Kier alpha value is -1.58. The average Bonchev–Trinajstić information content (AvgIpc) is 2.41. The first-order chi connectivity index (χ1) is 9.21. The minimum absolute atomic E-state index is 0.0176. The highest BCUT2D eigenvalue weighted by Gasteiger charge is 2.04. The van der Waals surface area contributed by atoms with Crippen LogP contribution in [-0.2, 0) is 13.0 Å². The molecule has 2 rings (SSSR count). The molecule has 1 aromatic heterocycles. The Morgan fingerprint density at radius 1 is 1.21 bits per heavy atom. The Morgan fingerprint density at radius 2 is 1.95 bits per heavy atom. The lowest BCUT2D eigenvalue weighted by Gasteiger charge is -2.08. The number of halogens is 1. The molecule has 0 aliphatic heterocycles. The normalized spacial score (nSPS) is 10.5. The van der Waals surface area contributed by atoms with E-state index in [9.17, 15) is 5.11 Å². The molecule has 0 saturated heterocycles. The van der Waals surface area contributed by atoms with E-state index in [1.807, 2.05) is 6.07 Å². The molecule has 4 heteroatoms. The highest BCUT2D eigenvalue weighted by atomic mass is 35.5. The van der Waals surface area contributed by atoms with E-state index in [0.717, 1.165) is 24.1 Å². The van der Waals surface area contributed by atoms with Crippen molar-refractivity contribution in [2.75, 3.05) is 0 Å². The minimum atomic E-state index is -0.0176. The van der Waals surface area contributed by atoms with Gasteiger partial charge < -0.3 is 9.84 Å². The van der Waals surface area contributed by atoms with Crippen LogP contribution in [0.15, 0.2) is 36.4 Å². The lowest BCUT2D eigenvalue weighted by Crippen LogP contribution is -1.97. The number of hydrogen-bond acceptors (Lipinski definition) is 3. The number of benzene rings is 1. The van der Waals surface area contributed by atoms with Gasteiger partial charge in [-0.3, -0.25) is 0 Å². The fraction of sp³-hybridized carbons (Fsp3) is 0.267. The molecule has 0 fully saturated rings. The maximum absolute atomic E-state index is 9.26. The van der Waals surface area contributed by atoms with Gasteiger partial charge in [-0.05, 0) is 42.3 Å². The minimum Gasteiger partial charge on any atom is -0.439 e. The maximum Gasteiger partial charge on any atom is 0.219 e. The predicted octanol–water partition coefficient (Wildman–Crippen LogP) is 3.97. The quantitative estimate of drug-likeness (QED) is 0.899. The van der Waals surface area contributed by atoms with Gasteiger partial charge in [-0.15, -0.1) is 0 Å². The molecule has 100 valence electrons. The monoisotopic (exact) mass is 277 g/mol. The van der Waals surface area contributed by atoms with Gasteiger partial charge in [-0.25, -0.2) is 4.98 Å². The Balaban J connectivity index is 2.23. The van der Waals surface area contributed by atoms with Gasteiger partial charge in [0.05, 0.1) is 6.61 Å². The van der Waals surface area contributed by atoms with E-state index in [1.54, 1.807) is 30.3 Å². The van der Waals surface area contributed by atoms with E-state index in [2.05, 4.69) is 11.9 Å². The molecule has 1 aromatic carbocycles. The van der Waals surface area contributed by atoms with Crippen molar-refractivity contribution in [2.24, 2.45) is 0 Å². The molecule has 0 aliphatic rings. The van der Waals surface area contributed by atoms with Crippen molar-refractivity contribution in [2.45, 2.75) is 26.4 Å². The first-order valence-electron chi connectivity index (χ1n) is 6.25. The van der Waals surface area contributed by atoms with Crippen LogP contribution in [0.1, 0.15) is 24.6 Å². The Kier molecular flexibility index (Phi) is 4.77. The molecule has 0 unspecified atom stereocenters. The summed E-state index contributed by atoms with van der Waals surface area (Å²) in [7, 11) is 0. The van der Waals surface area contributed by atoms with E-state index in [-0.39, 0.29) is 6.61 Å². The number of aryl methyl sites for hydroxylation is 1. The average molecular weight is 278 g/mol. The second-order valence-electron chi connectivity index (χ2n) is 4.27. The zero-order chi connectivity index (χ0) is 13.7. The van der Waals surface area contributed by atoms with E-state index < -0.39 is 0 Å². The topological polar surface area (TPSA) is 42.4 Å². The molecule has 0 amide bonds. The SMILES string of the molecule is CCCc1cc(CO)cc(Oc2ccc(Cl)cc2)n1. The molecule has 0 saturated carbocycles. The highest BCUT2D eigenvalue weighted by Crippen LogP contribution is 2.23. The third-order valence-corrected chi connectivity index (χ3v) is 2.89. The van der Waals surface area contributed by atoms with Crippen LogP contribution >= 0.6 is 11.6 Å². The Morgan fingerprint density at radius 3 is 2.58 bits per heavy atom. The second-order valence-corrected chi connectivity index (χ2v) is 4.71. The number of pyridine rings is 1. The first-order valence-corrected chi connectivity index (χ1v) is 6.63. The van der Waals surface area contributed by atoms with Crippen molar-refractivity contribution in [1.82, 2.24) is 4.98 Å². The summed E-state index contributed by atoms with van der Waals surface area (Å²) in [5.74, 6) is 1.17. The summed E-state index contributed by atoms with van der Waals surface area (Å²) >= 11 is 5.82. The van der Waals surface area contributed by atoms with Crippen molar-refractivity contribution in [3.8, 4) is 11.6 Å². The molecule has 1 heterocycles. The van der Waals surface area contributed by atoms with E-state index in [4.69, 9.17) is 16.3 Å². The number of aliphatic hydroxyl groups is 1. The number of rotatable bonds is 5. The molecule has 1 N–H and O–H groups in total. The van der Waals surface area contributed by atoms with Gasteiger partial charge in [-0.2, -0.15) is 0 Å². The zero-order valence-corrected chi connectivity index (χ0v) is 11.5. The Labute approximate surface area is 117 Å². The summed E-state index contributed by atoms with van der Waals surface area (Å²) in [5.41, 5.74) is 1.74. The van der Waals surface area contributed by atoms with Gasteiger partial charge in [0.15, 0.2) is 0 Å². The smallest absolute Gasteiger partial charge is 0.219 e. The van der Waals surface area contributed by atoms with Gasteiger partial charge >= 0.3 is 0 Å². The van der Waals surface area contributed by atoms with Crippen LogP contribution in [0.3, 0.4) is 0 Å². The van der Waals surface area contributed by atoms with Gasteiger partial charge in [-0.1, -0.05) is 24.9 Å². The molecular weight excluding hydrogens is 262 g/mol. The molecule has 0 radical (unpaired) electrons. The largest absolute Gasteiger partial charge is 0.439 e. The molecule has 2 aromatic rings. The van der Waals surface area contributed by atoms with Crippen molar-refractivity contribution >= 4 is 11.6 Å². The maximum atomic E-state index is 9.26. The van der Waals surface area contributed by atoms with Gasteiger partial charge in [0.1, 0.15) is 5.75 Å². The predicted molar refractivity (Wildman–Crippen MR) is 75.7 cm³/mol. The lowest BCUT2D eigenvalue weighted by molar-refractivity contribution is 0.280. The Bertz CT molecular complexity index is 540. The van der Waals surface area contributed by atoms with Crippen LogP contribution in [0, 0.1) is 0 Å². The number of aliphatic hydroxyl groups excluding tert-OH is 1. The summed E-state index contributed by atoms with van der Waals surface area (Å²) in [5, 5.41) is 9.92. The van der Waals surface area contributed by atoms with E-state index >= 15 is 0 Å². The van der Waals surface area contributed by atoms with Crippen LogP contribution < -0.4 is 4.74 Å². The fourth-order valence-corrected chi connectivity index (χ4v) is 1.90. The third-order valence-electron chi connectivity index (χ3n) is 2.64. The second kappa shape index (κ2) is 6.55. The summed E-state index contributed by atoms with van der Waals surface area (Å²) in [6.07, 6.45) is 1.87. The van der Waals surface area contributed by atoms with E-state index in [1.165, 1.54) is 0 Å². The molecule has 0 aliphatic carbocycles. The van der Waals surface area contributed by atoms with Crippen molar-refractivity contribution < 1.29 is 9.84 Å². The zero-order valence-electron chi connectivity index (χ0n) is 10.8. The van der Waals surface area contributed by atoms with Crippen LogP contribution in [0.4, 0.5) is 0 Å². The lowest BCUT2D eigenvalue weighted by atomic mass is 10.2. The molecule has 0 bridgehead atoms. The summed E-state index contributed by atoms with van der Waals surface area (Å²) in [6, 6.07) is 10.7. The van der Waals surface area contributed by atoms with Crippen molar-refractivity contribution in [1.29, 1.82) is 0 Å². The van der Waals surface area contributed by atoms with Crippen molar-refractivity contribution in [3.05, 3.63) is 52.7 Å². The van der Waals surface area contributed by atoms with Crippen LogP contribution in [0.2, 0.25) is 5.02 Å². The molecule has 0 spiro atoms. The van der Waals surface area contributed by atoms with E-state index in [0.29, 0.717) is 16.7 Å². The molecule has 3 nitrogen and oxygen atoms in total. The fourth-order valence-electron chi connectivity index (χ4n) is 1.77. The van der Waals surface area contributed by atoms with Gasteiger partial charge in [0, 0.05) is 16.8 Å². The molecule has 19 heavy (non-hydrogen) atoms. The van der Waals surface area contributed by atoms with Gasteiger partial charge in [0.2, 0.25) is 5.88 Å². The van der Waals surface area contributed by atoms with Crippen LogP contribution in [0.5, 0.6) is 11.6 Å². The number of hydrogen-bond donors (Lipinski definition) is 1. The molecular formula is C15H16ClNO2. The molecule has 0 atom stereocenters. The summed E-state index contributed by atoms with van der Waals surface area (Å²) in [4.78, 5) is 4.42. The van der Waals surface area contributed by atoms with Crippen LogP contribution in [-0.4, -0.2) is 10.1 Å². The van der Waals surface area contributed by atoms with Crippen LogP contribution in [0.25, 0.3) is 0 Å². The number of aromatic nitrogens is 1. The summed E-state index contributed by atoms with van der Waals surface area (Å²) in [6.45, 7) is 2.07. The highest BCUT2D eigenvalue weighted by molar-refractivity contribution is 6.30. The number of ether oxygens (including phenoxy) is 1. The number of nitrogens with zero attached hydrogens (tertiary/aromatic N) is 1. The van der Waals surface area contributed by atoms with Crippen molar-refractivity contribution in [3.63, 3.8) is 0 Å². The summed E-state index contributed by atoms with van der Waals surface area (Å²) < 4.78 is 5.68. The standard InChI is InChI=1S/C15H16ClNO2/c1-2-3-13-8-11(10-18)9-15(17-13)19-14-6-4-12(16)5-7-14/h4-9,18H,2-3,10H2,1H3. The third kappa shape index (κ3) is 3.94. The first kappa shape index (κ1) is 13.8. The van der Waals surface area contributed by atoms with Gasteiger partial charge in [0.25, 0.3) is 0 Å².